The molecule has 1 N–H and O–H groups in total. The molecule has 2 nitrogen and oxygen atoms in total. The molecule has 0 aromatic carbocycles. The molecule has 0 radical (unpaired) electrons. The number of hydrogen-bond donors (Lipinski definition) is 1. The van der Waals surface area contributed by atoms with Gasteiger partial charge in [0.05, 0.1) is 0 Å². The van der Waals surface area contributed by atoms with E-state index in [-0.39, 0.29) is 0 Å². The molecule has 1 fully saturated rings. The van der Waals surface area contributed by atoms with E-state index in [0.29, 0.717) is 16.9 Å². The van der Waals surface area contributed by atoms with Crippen molar-refractivity contribution in [3.05, 3.63) is 0 Å². The van der Waals surface area contributed by atoms with E-state index in [0.717, 1.165) is 6.54 Å². The highest BCUT2D eigenvalue weighted by Crippen LogP contribution is 2.62. The van der Waals surface area contributed by atoms with E-state index in [1.54, 1.807) is 0 Å². The molecule has 0 unspecified atom stereocenters. The molecule has 14 heavy (non-hydrogen) atoms. The smallest absolute Gasteiger partial charge is 0.0181 e. The highest BCUT2D eigenvalue weighted by atomic mass is 15.1. The molecule has 1 saturated carbocycles. The first kappa shape index (κ1) is 12.0. The van der Waals surface area contributed by atoms with Crippen molar-refractivity contribution < 1.29 is 0 Å². The van der Waals surface area contributed by atoms with Crippen LogP contribution in [0, 0.1) is 10.8 Å². The van der Waals surface area contributed by atoms with Gasteiger partial charge >= 0.3 is 0 Å². The third kappa shape index (κ3) is 2.12. The standard InChI is InChI=1S/C12H26N2/c1-11(2)10(12(11,3)4)13-8-7-9-14(5)6/h10,13H,7-9H2,1-6H3. The first-order chi connectivity index (χ1) is 6.30. The molecular formula is C12H26N2. The third-order valence-corrected chi connectivity index (χ3v) is 4.15. The highest BCUT2D eigenvalue weighted by Gasteiger charge is 2.64. The van der Waals surface area contributed by atoms with Gasteiger partial charge in [-0.2, -0.15) is 0 Å². The molecule has 1 rings (SSSR count). The molecule has 0 saturated heterocycles. The fourth-order valence-electron chi connectivity index (χ4n) is 2.35. The second-order valence-electron chi connectivity index (χ2n) is 5.99. The van der Waals surface area contributed by atoms with Crippen molar-refractivity contribution in [3.63, 3.8) is 0 Å². The number of nitrogens with zero attached hydrogens (tertiary/aromatic N) is 1. The van der Waals surface area contributed by atoms with Crippen molar-refractivity contribution in [1.29, 1.82) is 0 Å². The van der Waals surface area contributed by atoms with E-state index in [1.807, 2.05) is 0 Å². The van der Waals surface area contributed by atoms with Crippen molar-refractivity contribution >= 4 is 0 Å². The maximum atomic E-state index is 3.67. The van der Waals surface area contributed by atoms with Crippen LogP contribution in [0.2, 0.25) is 0 Å². The van der Waals surface area contributed by atoms with Gasteiger partial charge in [-0.1, -0.05) is 27.7 Å². The first-order valence-corrected chi connectivity index (χ1v) is 5.68. The summed E-state index contributed by atoms with van der Waals surface area (Å²) in [5.41, 5.74) is 0.955. The Balaban J connectivity index is 2.16. The number of rotatable bonds is 5. The van der Waals surface area contributed by atoms with E-state index in [9.17, 15) is 0 Å². The molecule has 1 aliphatic carbocycles. The minimum Gasteiger partial charge on any atom is -0.313 e. The molecule has 2 heteroatoms. The van der Waals surface area contributed by atoms with Crippen LogP contribution in [0.25, 0.3) is 0 Å². The van der Waals surface area contributed by atoms with Crippen LogP contribution in [0.1, 0.15) is 34.1 Å². The first-order valence-electron chi connectivity index (χ1n) is 5.68. The maximum Gasteiger partial charge on any atom is 0.0181 e. The van der Waals surface area contributed by atoms with Crippen molar-refractivity contribution in [1.82, 2.24) is 10.2 Å². The lowest BCUT2D eigenvalue weighted by Crippen LogP contribution is -2.26. The Hall–Kier alpha value is -0.0800. The second-order valence-corrected chi connectivity index (χ2v) is 5.99. The Labute approximate surface area is 89.1 Å². The topological polar surface area (TPSA) is 15.3 Å². The van der Waals surface area contributed by atoms with Gasteiger partial charge in [0.2, 0.25) is 0 Å². The Morgan fingerprint density at radius 1 is 1.07 bits per heavy atom. The predicted molar refractivity (Wildman–Crippen MR) is 62.5 cm³/mol. The third-order valence-electron chi connectivity index (χ3n) is 4.15. The molecule has 1 aliphatic rings. The number of nitrogens with one attached hydrogen (secondary N) is 1. The summed E-state index contributed by atoms with van der Waals surface area (Å²) in [6, 6.07) is 0.706. The molecule has 84 valence electrons. The highest BCUT2D eigenvalue weighted by molar-refractivity contribution is 5.17. The molecule has 0 amide bonds. The molecule has 0 aliphatic heterocycles. The van der Waals surface area contributed by atoms with Crippen molar-refractivity contribution in [2.24, 2.45) is 10.8 Å². The molecule has 0 aromatic rings. The second kappa shape index (κ2) is 3.82. The van der Waals surface area contributed by atoms with Crippen molar-refractivity contribution in [2.45, 2.75) is 40.2 Å². The maximum absolute atomic E-state index is 3.67. The normalized spacial score (nSPS) is 24.2. The van der Waals surface area contributed by atoms with Gasteiger partial charge in [0.25, 0.3) is 0 Å². The zero-order valence-corrected chi connectivity index (χ0v) is 10.6. The summed E-state index contributed by atoms with van der Waals surface area (Å²) in [4.78, 5) is 2.24. The Morgan fingerprint density at radius 2 is 1.57 bits per heavy atom. The summed E-state index contributed by atoms with van der Waals surface area (Å²) < 4.78 is 0. The Kier molecular flexibility index (Phi) is 3.27. The van der Waals surface area contributed by atoms with Crippen LogP contribution < -0.4 is 5.32 Å². The fraction of sp³-hybridized carbons (Fsp3) is 1.00. The van der Waals surface area contributed by atoms with Crippen LogP contribution >= 0.6 is 0 Å². The average Bonchev–Trinajstić information content (AvgIpc) is 2.38. The molecule has 0 spiro atoms. The molecule has 0 atom stereocenters. The van der Waals surface area contributed by atoms with Crippen LogP contribution in [-0.4, -0.2) is 38.1 Å². The van der Waals surface area contributed by atoms with Gasteiger partial charge in [-0.25, -0.2) is 0 Å². The summed E-state index contributed by atoms with van der Waals surface area (Å²) in [6.07, 6.45) is 1.25. The van der Waals surface area contributed by atoms with Crippen molar-refractivity contribution in [2.75, 3.05) is 27.2 Å². The Bertz CT molecular complexity index is 180. The summed E-state index contributed by atoms with van der Waals surface area (Å²) in [5.74, 6) is 0. The van der Waals surface area contributed by atoms with E-state index in [1.165, 1.54) is 13.0 Å². The summed E-state index contributed by atoms with van der Waals surface area (Å²) in [7, 11) is 4.26. The van der Waals surface area contributed by atoms with Gasteiger partial charge in [-0.15, -0.1) is 0 Å². The molecule has 0 heterocycles. The lowest BCUT2D eigenvalue weighted by molar-refractivity contribution is 0.390. The monoisotopic (exact) mass is 198 g/mol. The average molecular weight is 198 g/mol. The predicted octanol–water partition coefficient (Wildman–Crippen LogP) is 1.96. The molecule has 0 aromatic heterocycles. The quantitative estimate of drug-likeness (QED) is 0.679. The zero-order chi connectivity index (χ0) is 11.0. The van der Waals surface area contributed by atoms with Crippen LogP contribution in [-0.2, 0) is 0 Å². The van der Waals surface area contributed by atoms with Crippen LogP contribution in [0.4, 0.5) is 0 Å². The van der Waals surface area contributed by atoms with Crippen LogP contribution in [0.15, 0.2) is 0 Å². The number of hydrogen-bond acceptors (Lipinski definition) is 2. The van der Waals surface area contributed by atoms with Crippen molar-refractivity contribution in [3.8, 4) is 0 Å². The van der Waals surface area contributed by atoms with Crippen LogP contribution in [0.3, 0.4) is 0 Å². The van der Waals surface area contributed by atoms with Gasteiger partial charge < -0.3 is 10.2 Å². The summed E-state index contributed by atoms with van der Waals surface area (Å²) >= 11 is 0. The van der Waals surface area contributed by atoms with E-state index in [4.69, 9.17) is 0 Å². The van der Waals surface area contributed by atoms with Gasteiger partial charge in [0.1, 0.15) is 0 Å². The fourth-order valence-corrected chi connectivity index (χ4v) is 2.35. The van der Waals surface area contributed by atoms with Crippen LogP contribution in [0.5, 0.6) is 0 Å². The molecule has 0 bridgehead atoms. The largest absolute Gasteiger partial charge is 0.313 e. The van der Waals surface area contributed by atoms with E-state index < -0.39 is 0 Å². The van der Waals surface area contributed by atoms with E-state index >= 15 is 0 Å². The van der Waals surface area contributed by atoms with Gasteiger partial charge in [-0.05, 0) is 44.4 Å². The summed E-state index contributed by atoms with van der Waals surface area (Å²) in [6.45, 7) is 11.8. The molecular weight excluding hydrogens is 172 g/mol. The van der Waals surface area contributed by atoms with E-state index in [2.05, 4.69) is 52.0 Å². The van der Waals surface area contributed by atoms with Gasteiger partial charge in [0.15, 0.2) is 0 Å². The lowest BCUT2D eigenvalue weighted by atomic mass is 10.0. The van der Waals surface area contributed by atoms with Gasteiger partial charge in [0, 0.05) is 6.04 Å². The SMILES string of the molecule is CN(C)CCCNC1C(C)(C)C1(C)C. The van der Waals surface area contributed by atoms with Gasteiger partial charge in [-0.3, -0.25) is 0 Å². The zero-order valence-electron chi connectivity index (χ0n) is 10.6. The minimum atomic E-state index is 0.477. The minimum absolute atomic E-state index is 0.477. The lowest BCUT2D eigenvalue weighted by Gasteiger charge is -2.10. The Morgan fingerprint density at radius 3 is 1.93 bits per heavy atom. The summed E-state index contributed by atoms with van der Waals surface area (Å²) in [5, 5.41) is 3.67.